The third-order valence-corrected chi connectivity index (χ3v) is 5.05. The number of hydrogen-bond donors (Lipinski definition) is 1. The van der Waals surface area contributed by atoms with E-state index in [0.717, 1.165) is 25.0 Å². The van der Waals surface area contributed by atoms with Crippen LogP contribution >= 0.6 is 0 Å². The number of esters is 2. The average Bonchev–Trinajstić information content (AvgIpc) is 3.01. The number of aliphatic hydroxyl groups is 1. The smallest absolute Gasteiger partial charge is 0.416 e. The van der Waals surface area contributed by atoms with E-state index in [1.165, 1.54) is 18.2 Å². The zero-order chi connectivity index (χ0) is 22.4. The Morgan fingerprint density at radius 1 is 1.27 bits per heavy atom. The molecule has 1 heterocycles. The first-order valence-corrected chi connectivity index (χ1v) is 10.0. The summed E-state index contributed by atoms with van der Waals surface area (Å²) in [6.07, 6.45) is -0.671. The van der Waals surface area contributed by atoms with Crippen LogP contribution in [0.1, 0.15) is 57.1 Å². The fourth-order valence-electron chi connectivity index (χ4n) is 3.51. The molecule has 0 amide bonds. The van der Waals surface area contributed by atoms with Crippen molar-refractivity contribution >= 4 is 18.0 Å². The van der Waals surface area contributed by atoms with E-state index in [1.54, 1.807) is 0 Å². The lowest BCUT2D eigenvalue weighted by Crippen LogP contribution is -2.40. The molecule has 1 saturated heterocycles. The fraction of sp³-hybridized carbons (Fsp3) is 0.545. The highest BCUT2D eigenvalue weighted by Gasteiger charge is 2.45. The largest absolute Gasteiger partial charge is 0.461 e. The third kappa shape index (κ3) is 5.84. The van der Waals surface area contributed by atoms with Crippen LogP contribution in [-0.4, -0.2) is 35.9 Å². The molecule has 8 heteroatoms. The topological polar surface area (TPSA) is 72.8 Å². The minimum atomic E-state index is -4.58. The van der Waals surface area contributed by atoms with Crippen molar-refractivity contribution in [3.05, 3.63) is 41.0 Å². The molecule has 1 aliphatic rings. The van der Waals surface area contributed by atoms with Gasteiger partial charge in [0.1, 0.15) is 6.61 Å². The van der Waals surface area contributed by atoms with Gasteiger partial charge in [0, 0.05) is 12.0 Å². The summed E-state index contributed by atoms with van der Waals surface area (Å²) in [5.74, 6) is -1.54. The Bertz CT molecular complexity index is 781. The number of carbonyl (C=O) groups excluding carboxylic acids is 2. The minimum Gasteiger partial charge on any atom is -0.461 e. The van der Waals surface area contributed by atoms with Crippen molar-refractivity contribution in [3.63, 3.8) is 0 Å². The standard InChI is InChI=1S/C22H27F3O5/c1-3-7-15(8-4-2)19(27)29-14-21(13-26)12-17(20(28)30-21)11-16-9-5-6-10-18(16)22(23,24)25/h5-6,9-11,15,26H,3-4,7-8,12-14H2,1-2H3/b17-11+. The van der Waals surface area contributed by atoms with E-state index in [9.17, 15) is 27.9 Å². The van der Waals surface area contributed by atoms with Crippen molar-refractivity contribution in [1.29, 1.82) is 0 Å². The Balaban J connectivity index is 2.18. The van der Waals surface area contributed by atoms with Crippen LogP contribution in [0.25, 0.3) is 6.08 Å². The molecule has 1 aromatic carbocycles. The van der Waals surface area contributed by atoms with E-state index < -0.39 is 35.9 Å². The molecule has 2 rings (SSSR count). The van der Waals surface area contributed by atoms with Gasteiger partial charge in [0.25, 0.3) is 0 Å². The fourth-order valence-corrected chi connectivity index (χ4v) is 3.51. The summed E-state index contributed by atoms with van der Waals surface area (Å²) < 4.78 is 50.2. The van der Waals surface area contributed by atoms with Crippen LogP contribution in [0.4, 0.5) is 13.2 Å². The molecular weight excluding hydrogens is 401 g/mol. The quantitative estimate of drug-likeness (QED) is 0.462. The molecule has 1 atom stereocenters. The third-order valence-electron chi connectivity index (χ3n) is 5.05. The molecule has 0 saturated carbocycles. The molecule has 5 nitrogen and oxygen atoms in total. The SMILES string of the molecule is CCCC(CCC)C(=O)OCC1(CO)C/C(=C\c2ccccc2C(F)(F)F)C(=O)O1. The first-order chi connectivity index (χ1) is 14.2. The molecular formula is C22H27F3O5. The van der Waals surface area contributed by atoms with Crippen LogP contribution in [-0.2, 0) is 25.2 Å². The van der Waals surface area contributed by atoms with E-state index in [1.807, 2.05) is 13.8 Å². The van der Waals surface area contributed by atoms with Crippen LogP contribution < -0.4 is 0 Å². The van der Waals surface area contributed by atoms with E-state index in [4.69, 9.17) is 9.47 Å². The summed E-state index contributed by atoms with van der Waals surface area (Å²) in [5, 5.41) is 9.78. The summed E-state index contributed by atoms with van der Waals surface area (Å²) in [6.45, 7) is 2.95. The van der Waals surface area contributed by atoms with Crippen molar-refractivity contribution in [1.82, 2.24) is 0 Å². The van der Waals surface area contributed by atoms with Gasteiger partial charge in [-0.15, -0.1) is 0 Å². The van der Waals surface area contributed by atoms with Crippen LogP contribution in [0.2, 0.25) is 0 Å². The second-order valence-corrected chi connectivity index (χ2v) is 7.54. The molecule has 30 heavy (non-hydrogen) atoms. The van der Waals surface area contributed by atoms with Crippen LogP contribution in [0, 0.1) is 5.92 Å². The monoisotopic (exact) mass is 428 g/mol. The predicted octanol–water partition coefficient (Wildman–Crippen LogP) is 4.53. The van der Waals surface area contributed by atoms with Gasteiger partial charge in [0.15, 0.2) is 5.60 Å². The molecule has 0 bridgehead atoms. The number of benzene rings is 1. The predicted molar refractivity (Wildman–Crippen MR) is 104 cm³/mol. The van der Waals surface area contributed by atoms with Gasteiger partial charge >= 0.3 is 18.1 Å². The Morgan fingerprint density at radius 3 is 2.47 bits per heavy atom. The average molecular weight is 428 g/mol. The number of alkyl halides is 3. The van der Waals surface area contributed by atoms with Gasteiger partial charge in [-0.05, 0) is 30.5 Å². The van der Waals surface area contributed by atoms with Crippen LogP contribution in [0.5, 0.6) is 0 Å². The first-order valence-electron chi connectivity index (χ1n) is 10.0. The van der Waals surface area contributed by atoms with Crippen molar-refractivity contribution in [3.8, 4) is 0 Å². The number of hydrogen-bond acceptors (Lipinski definition) is 5. The zero-order valence-electron chi connectivity index (χ0n) is 17.1. The Hall–Kier alpha value is -2.35. The normalized spacial score (nSPS) is 20.6. The van der Waals surface area contributed by atoms with E-state index >= 15 is 0 Å². The van der Waals surface area contributed by atoms with Gasteiger partial charge in [-0.1, -0.05) is 44.9 Å². The van der Waals surface area contributed by atoms with Gasteiger partial charge in [0.2, 0.25) is 0 Å². The molecule has 0 aliphatic carbocycles. The second kappa shape index (κ2) is 10.1. The number of halogens is 3. The summed E-state index contributed by atoms with van der Waals surface area (Å²) in [6, 6.07) is 4.88. The van der Waals surface area contributed by atoms with E-state index in [2.05, 4.69) is 0 Å². The summed E-state index contributed by atoms with van der Waals surface area (Å²) in [4.78, 5) is 24.6. The van der Waals surface area contributed by atoms with E-state index in [-0.39, 0.29) is 30.1 Å². The number of carbonyl (C=O) groups is 2. The van der Waals surface area contributed by atoms with Gasteiger partial charge in [0.05, 0.1) is 18.1 Å². The Kier molecular flexibility index (Phi) is 8.06. The number of ether oxygens (including phenoxy) is 2. The minimum absolute atomic E-state index is 0.0181. The summed E-state index contributed by atoms with van der Waals surface area (Å²) in [7, 11) is 0. The maximum absolute atomic E-state index is 13.2. The first kappa shape index (κ1) is 23.9. The Labute approximate surface area is 173 Å². The zero-order valence-corrected chi connectivity index (χ0v) is 17.1. The molecule has 166 valence electrons. The van der Waals surface area contributed by atoms with E-state index in [0.29, 0.717) is 12.8 Å². The van der Waals surface area contributed by atoms with Crippen molar-refractivity contribution in [2.75, 3.05) is 13.2 Å². The van der Waals surface area contributed by atoms with Gasteiger partial charge in [-0.25, -0.2) is 4.79 Å². The lowest BCUT2D eigenvalue weighted by molar-refractivity contribution is -0.169. The van der Waals surface area contributed by atoms with Gasteiger partial charge < -0.3 is 14.6 Å². The second-order valence-electron chi connectivity index (χ2n) is 7.54. The van der Waals surface area contributed by atoms with Crippen molar-refractivity contribution < 1.29 is 37.3 Å². The number of aliphatic hydroxyl groups excluding tert-OH is 1. The highest BCUT2D eigenvalue weighted by Crippen LogP contribution is 2.36. The molecule has 1 fully saturated rings. The van der Waals surface area contributed by atoms with Crippen molar-refractivity contribution in [2.45, 2.75) is 57.7 Å². The maximum atomic E-state index is 13.2. The van der Waals surface area contributed by atoms with Gasteiger partial charge in [-0.3, -0.25) is 4.79 Å². The number of cyclic esters (lactones) is 1. The van der Waals surface area contributed by atoms with Crippen LogP contribution in [0.3, 0.4) is 0 Å². The summed E-state index contributed by atoms with van der Waals surface area (Å²) in [5.41, 5.74) is -2.56. The lowest BCUT2D eigenvalue weighted by atomic mass is 9.96. The maximum Gasteiger partial charge on any atom is 0.416 e. The Morgan fingerprint density at radius 2 is 1.90 bits per heavy atom. The molecule has 0 radical (unpaired) electrons. The molecule has 0 spiro atoms. The van der Waals surface area contributed by atoms with Gasteiger partial charge in [-0.2, -0.15) is 13.2 Å². The molecule has 1 N–H and O–H groups in total. The number of rotatable bonds is 9. The lowest BCUT2D eigenvalue weighted by Gasteiger charge is -2.25. The summed E-state index contributed by atoms with van der Waals surface area (Å²) >= 11 is 0. The molecule has 0 aromatic heterocycles. The van der Waals surface area contributed by atoms with Crippen LogP contribution in [0.15, 0.2) is 29.8 Å². The molecule has 1 aliphatic heterocycles. The molecule has 1 unspecified atom stereocenters. The highest BCUT2D eigenvalue weighted by atomic mass is 19.4. The van der Waals surface area contributed by atoms with Crippen molar-refractivity contribution in [2.24, 2.45) is 5.92 Å². The highest BCUT2D eigenvalue weighted by molar-refractivity contribution is 5.96. The molecule has 1 aromatic rings.